The highest BCUT2D eigenvalue weighted by Crippen LogP contribution is 2.30. The Balaban J connectivity index is 1.67. The first-order valence-electron chi connectivity index (χ1n) is 11.0. The summed E-state index contributed by atoms with van der Waals surface area (Å²) in [5, 5.41) is 3.59. The van der Waals surface area contributed by atoms with E-state index in [-0.39, 0.29) is 4.90 Å². The van der Waals surface area contributed by atoms with Gasteiger partial charge < -0.3 is 4.74 Å². The maximum Gasteiger partial charge on any atom is 0.412 e. The van der Waals surface area contributed by atoms with Crippen LogP contribution in [0.3, 0.4) is 0 Å². The van der Waals surface area contributed by atoms with Gasteiger partial charge in [-0.2, -0.15) is 0 Å². The van der Waals surface area contributed by atoms with Gasteiger partial charge in [-0.1, -0.05) is 29.8 Å². The molecule has 0 radical (unpaired) electrons. The minimum Gasteiger partial charge on any atom is -0.444 e. The predicted octanol–water partition coefficient (Wildman–Crippen LogP) is 6.51. The lowest BCUT2D eigenvalue weighted by molar-refractivity contribution is 0.0636. The number of nitrogens with zero attached hydrogens (tertiary/aromatic N) is 1. The minimum atomic E-state index is -3.70. The molecule has 34 heavy (non-hydrogen) atoms. The summed E-state index contributed by atoms with van der Waals surface area (Å²) in [6, 6.07) is 20.0. The summed E-state index contributed by atoms with van der Waals surface area (Å²) in [6.45, 7) is 9.31. The molecule has 0 unspecified atom stereocenters. The molecule has 0 spiro atoms. The summed E-state index contributed by atoms with van der Waals surface area (Å²) in [6.07, 6.45) is 1.06. The molecule has 176 valence electrons. The molecular formula is C27H28N2O4S. The number of fused-ring (bicyclic) bond motifs is 1. The van der Waals surface area contributed by atoms with Gasteiger partial charge in [0, 0.05) is 17.3 Å². The molecule has 6 nitrogen and oxygen atoms in total. The summed E-state index contributed by atoms with van der Waals surface area (Å²) in [4.78, 5) is 12.4. The third-order valence-electron chi connectivity index (χ3n) is 5.29. The smallest absolute Gasteiger partial charge is 0.412 e. The Labute approximate surface area is 200 Å². The first kappa shape index (κ1) is 23.6. The predicted molar refractivity (Wildman–Crippen MR) is 136 cm³/mol. The molecule has 0 aliphatic rings. The van der Waals surface area contributed by atoms with Crippen LogP contribution in [0.15, 0.2) is 77.8 Å². The monoisotopic (exact) mass is 476 g/mol. The van der Waals surface area contributed by atoms with Crippen molar-refractivity contribution in [2.24, 2.45) is 0 Å². The number of carbonyl (C=O) groups is 1. The first-order valence-corrected chi connectivity index (χ1v) is 12.4. The SMILES string of the molecule is Cc1ccc(S(=O)(=O)n2ccc3cc(-c4cc(C)cc(NC(=O)OC(C)(C)C)c4)ccc32)cc1. The molecule has 7 heteroatoms. The number of aryl methyl sites for hydroxylation is 2. The van der Waals surface area contributed by atoms with E-state index in [9.17, 15) is 13.2 Å². The van der Waals surface area contributed by atoms with Gasteiger partial charge in [0.25, 0.3) is 10.0 Å². The Hall–Kier alpha value is -3.58. The van der Waals surface area contributed by atoms with Crippen LogP contribution in [-0.4, -0.2) is 24.1 Å². The van der Waals surface area contributed by atoms with Gasteiger partial charge in [-0.3, -0.25) is 5.32 Å². The van der Waals surface area contributed by atoms with Crippen molar-refractivity contribution < 1.29 is 17.9 Å². The third kappa shape index (κ3) is 4.99. The normalized spacial score (nSPS) is 12.0. The Morgan fingerprint density at radius 2 is 1.56 bits per heavy atom. The van der Waals surface area contributed by atoms with Gasteiger partial charge in [0.05, 0.1) is 10.4 Å². The molecule has 1 heterocycles. The van der Waals surface area contributed by atoms with Crippen LogP contribution in [0.1, 0.15) is 31.9 Å². The fourth-order valence-corrected chi connectivity index (χ4v) is 5.13. The second-order valence-corrected chi connectivity index (χ2v) is 11.2. The van der Waals surface area contributed by atoms with Crippen molar-refractivity contribution in [2.75, 3.05) is 5.32 Å². The molecule has 4 aromatic rings. The third-order valence-corrected chi connectivity index (χ3v) is 6.99. The van der Waals surface area contributed by atoms with E-state index in [2.05, 4.69) is 5.32 Å². The van der Waals surface area contributed by atoms with Gasteiger partial charge in [-0.25, -0.2) is 17.2 Å². The minimum absolute atomic E-state index is 0.246. The van der Waals surface area contributed by atoms with E-state index in [0.717, 1.165) is 27.6 Å². The van der Waals surface area contributed by atoms with Crippen LogP contribution in [0.4, 0.5) is 10.5 Å². The average molecular weight is 477 g/mol. The quantitative estimate of drug-likeness (QED) is 0.364. The number of ether oxygens (including phenoxy) is 1. The van der Waals surface area contributed by atoms with E-state index in [1.54, 1.807) is 42.6 Å². The van der Waals surface area contributed by atoms with Crippen molar-refractivity contribution in [3.05, 3.63) is 84.1 Å². The first-order chi connectivity index (χ1) is 15.9. The van der Waals surface area contributed by atoms with Crippen LogP contribution >= 0.6 is 0 Å². The Morgan fingerprint density at radius 3 is 2.24 bits per heavy atom. The molecule has 0 fully saturated rings. The zero-order chi connectivity index (χ0) is 24.7. The highest BCUT2D eigenvalue weighted by Gasteiger charge is 2.19. The van der Waals surface area contributed by atoms with Crippen LogP contribution in [0.5, 0.6) is 0 Å². The molecule has 0 aliphatic carbocycles. The van der Waals surface area contributed by atoms with E-state index in [1.165, 1.54) is 3.97 Å². The lowest BCUT2D eigenvalue weighted by Gasteiger charge is -2.20. The molecule has 1 aromatic heterocycles. The van der Waals surface area contributed by atoms with E-state index in [4.69, 9.17) is 4.74 Å². The number of aromatic nitrogens is 1. The number of rotatable bonds is 4. The zero-order valence-corrected chi connectivity index (χ0v) is 20.7. The van der Waals surface area contributed by atoms with Crippen LogP contribution in [0.2, 0.25) is 0 Å². The van der Waals surface area contributed by atoms with Crippen LogP contribution in [-0.2, 0) is 14.8 Å². The highest BCUT2D eigenvalue weighted by atomic mass is 32.2. The number of amides is 1. The number of carbonyl (C=O) groups excluding carboxylic acids is 1. The number of anilines is 1. The summed E-state index contributed by atoms with van der Waals surface area (Å²) >= 11 is 0. The second-order valence-electron chi connectivity index (χ2n) is 9.42. The van der Waals surface area contributed by atoms with E-state index < -0.39 is 21.7 Å². The van der Waals surface area contributed by atoms with Gasteiger partial charge in [0.15, 0.2) is 0 Å². The van der Waals surface area contributed by atoms with Gasteiger partial charge >= 0.3 is 6.09 Å². The molecule has 0 saturated carbocycles. The summed E-state index contributed by atoms with van der Waals surface area (Å²) < 4.78 is 33.0. The molecular weight excluding hydrogens is 448 g/mol. The van der Waals surface area contributed by atoms with Crippen molar-refractivity contribution in [3.8, 4) is 11.1 Å². The standard InChI is InChI=1S/C27H28N2O4S/c1-18-6-9-24(10-7-18)34(31,32)29-13-12-21-16-20(8-11-25(21)29)22-14-19(2)15-23(17-22)28-26(30)33-27(3,4)5/h6-17H,1-5H3,(H,28,30). The Morgan fingerprint density at radius 1 is 0.853 bits per heavy atom. The van der Waals surface area contributed by atoms with Crippen LogP contribution in [0.25, 0.3) is 22.0 Å². The largest absolute Gasteiger partial charge is 0.444 e. The fraction of sp³-hybridized carbons (Fsp3) is 0.222. The zero-order valence-electron chi connectivity index (χ0n) is 19.9. The van der Waals surface area contributed by atoms with E-state index in [0.29, 0.717) is 11.2 Å². The van der Waals surface area contributed by atoms with Gasteiger partial charge in [-0.05, 0) is 93.8 Å². The molecule has 1 N–H and O–H groups in total. The van der Waals surface area contributed by atoms with Crippen LogP contribution < -0.4 is 5.32 Å². The summed E-state index contributed by atoms with van der Waals surface area (Å²) in [5.74, 6) is 0. The Bertz CT molecular complexity index is 1480. The van der Waals surface area contributed by atoms with E-state index in [1.807, 2.05) is 65.0 Å². The molecule has 0 bridgehead atoms. The van der Waals surface area contributed by atoms with Gasteiger partial charge in [0.2, 0.25) is 0 Å². The van der Waals surface area contributed by atoms with E-state index >= 15 is 0 Å². The number of benzene rings is 3. The Kier molecular flexibility index (Phi) is 6.00. The van der Waals surface area contributed by atoms with Gasteiger partial charge in [-0.15, -0.1) is 0 Å². The average Bonchev–Trinajstić information content (AvgIpc) is 3.16. The lowest BCUT2D eigenvalue weighted by Crippen LogP contribution is -2.27. The number of hydrogen-bond donors (Lipinski definition) is 1. The van der Waals surface area contributed by atoms with Crippen LogP contribution in [0, 0.1) is 13.8 Å². The second kappa shape index (κ2) is 8.65. The maximum atomic E-state index is 13.2. The highest BCUT2D eigenvalue weighted by molar-refractivity contribution is 7.90. The van der Waals surface area contributed by atoms with Gasteiger partial charge in [0.1, 0.15) is 5.60 Å². The molecule has 0 atom stereocenters. The van der Waals surface area contributed by atoms with Crippen molar-refractivity contribution in [1.29, 1.82) is 0 Å². The van der Waals surface area contributed by atoms with Crippen molar-refractivity contribution >= 4 is 32.7 Å². The summed E-state index contributed by atoms with van der Waals surface area (Å²) in [5.41, 5.74) is 4.43. The number of hydrogen-bond acceptors (Lipinski definition) is 4. The van der Waals surface area contributed by atoms with Crippen molar-refractivity contribution in [1.82, 2.24) is 3.97 Å². The topological polar surface area (TPSA) is 77.4 Å². The number of nitrogens with one attached hydrogen (secondary N) is 1. The van der Waals surface area contributed by atoms with Crippen molar-refractivity contribution in [3.63, 3.8) is 0 Å². The molecule has 0 saturated heterocycles. The van der Waals surface area contributed by atoms with Crippen molar-refractivity contribution in [2.45, 2.75) is 45.1 Å². The molecule has 0 aliphatic heterocycles. The molecule has 3 aromatic carbocycles. The molecule has 1 amide bonds. The summed E-state index contributed by atoms with van der Waals surface area (Å²) in [7, 11) is -3.70. The molecule has 4 rings (SSSR count). The lowest BCUT2D eigenvalue weighted by atomic mass is 10.0. The maximum absolute atomic E-state index is 13.2. The fourth-order valence-electron chi connectivity index (χ4n) is 3.77.